The average Bonchev–Trinajstić information content (AvgIpc) is 3.32. The molecule has 3 aromatic heterocycles. The quantitative estimate of drug-likeness (QED) is 0.376. The van der Waals surface area contributed by atoms with E-state index in [-0.39, 0.29) is 18.7 Å². The Morgan fingerprint density at radius 3 is 2.73 bits per heavy atom. The van der Waals surface area contributed by atoms with Gasteiger partial charge < -0.3 is 10.2 Å². The molecule has 4 heterocycles. The summed E-state index contributed by atoms with van der Waals surface area (Å²) in [6, 6.07) is 8.87. The van der Waals surface area contributed by atoms with Crippen molar-refractivity contribution < 1.29 is 13.6 Å². The first-order chi connectivity index (χ1) is 17.9. The fraction of sp³-hybridized carbons (Fsp3) is 0.333. The molecular formula is C24H22ClF2N9O. The van der Waals surface area contributed by atoms with Crippen LogP contribution in [0, 0.1) is 11.8 Å². The van der Waals surface area contributed by atoms with Crippen LogP contribution in [0.2, 0.25) is 5.02 Å². The van der Waals surface area contributed by atoms with Crippen LogP contribution in [0.15, 0.2) is 49.1 Å². The number of nitrogens with one attached hydrogen (secondary N) is 1. The predicted octanol–water partition coefficient (Wildman–Crippen LogP) is 3.28. The highest BCUT2D eigenvalue weighted by Gasteiger charge is 2.45. The van der Waals surface area contributed by atoms with Gasteiger partial charge in [0.05, 0.1) is 17.8 Å². The van der Waals surface area contributed by atoms with Crippen LogP contribution in [0.4, 0.5) is 14.6 Å². The topological polar surface area (TPSA) is 107 Å². The summed E-state index contributed by atoms with van der Waals surface area (Å²) in [7, 11) is 0. The number of rotatable bonds is 8. The highest BCUT2D eigenvalue weighted by molar-refractivity contribution is 6.30. The third-order valence-electron chi connectivity index (χ3n) is 6.77. The maximum atomic E-state index is 13.8. The van der Waals surface area contributed by atoms with Crippen molar-refractivity contribution in [1.82, 2.24) is 40.3 Å². The lowest BCUT2D eigenvalue weighted by atomic mass is 10.1. The summed E-state index contributed by atoms with van der Waals surface area (Å²) < 4.78 is 30.3. The van der Waals surface area contributed by atoms with Crippen LogP contribution in [0.25, 0.3) is 5.69 Å². The molecule has 1 amide bonds. The van der Waals surface area contributed by atoms with Gasteiger partial charge in [0.1, 0.15) is 17.8 Å². The SMILES string of the molecule is O=C(NCc1cc(Cl)ccc1-n1cnnn1)c1cn(Cc2ccc(N3CC4CC4C3)nc2)nc1C(F)F. The van der Waals surface area contributed by atoms with E-state index in [0.29, 0.717) is 16.3 Å². The fourth-order valence-electron chi connectivity index (χ4n) is 4.78. The molecule has 1 aliphatic carbocycles. The third kappa shape index (κ3) is 4.88. The van der Waals surface area contributed by atoms with Gasteiger partial charge in [-0.05, 0) is 64.1 Å². The fourth-order valence-corrected chi connectivity index (χ4v) is 4.98. The largest absolute Gasteiger partial charge is 0.356 e. The molecule has 10 nitrogen and oxygen atoms in total. The van der Waals surface area contributed by atoms with Crippen molar-refractivity contribution in [2.24, 2.45) is 11.8 Å². The van der Waals surface area contributed by atoms with E-state index in [4.69, 9.17) is 11.6 Å². The monoisotopic (exact) mass is 525 g/mol. The lowest BCUT2D eigenvalue weighted by Gasteiger charge is -2.18. The minimum absolute atomic E-state index is 0.0199. The predicted molar refractivity (Wildman–Crippen MR) is 130 cm³/mol. The number of tetrazole rings is 1. The second kappa shape index (κ2) is 9.51. The summed E-state index contributed by atoms with van der Waals surface area (Å²) in [6.45, 7) is 2.31. The smallest absolute Gasteiger partial charge is 0.282 e. The summed E-state index contributed by atoms with van der Waals surface area (Å²) in [5.74, 6) is 1.85. The lowest BCUT2D eigenvalue weighted by Crippen LogP contribution is -2.24. The summed E-state index contributed by atoms with van der Waals surface area (Å²) in [6.07, 6.45) is 2.87. The maximum Gasteiger partial charge on any atom is 0.282 e. The molecule has 1 N–H and O–H groups in total. The zero-order valence-corrected chi connectivity index (χ0v) is 20.3. The number of halogens is 3. The average molecular weight is 526 g/mol. The van der Waals surface area contributed by atoms with Gasteiger partial charge in [-0.15, -0.1) is 5.10 Å². The van der Waals surface area contributed by atoms with Crippen LogP contribution in [0.1, 0.15) is 40.0 Å². The molecule has 0 spiro atoms. The van der Waals surface area contributed by atoms with E-state index < -0.39 is 18.0 Å². The summed E-state index contributed by atoms with van der Waals surface area (Å²) in [5, 5.41) is 18.2. The number of benzene rings is 1. The summed E-state index contributed by atoms with van der Waals surface area (Å²) in [4.78, 5) is 19.7. The van der Waals surface area contributed by atoms with E-state index in [2.05, 4.69) is 35.8 Å². The lowest BCUT2D eigenvalue weighted by molar-refractivity contribution is 0.0936. The van der Waals surface area contributed by atoms with E-state index >= 15 is 0 Å². The van der Waals surface area contributed by atoms with Gasteiger partial charge in [0.15, 0.2) is 0 Å². The Balaban J connectivity index is 1.16. The molecule has 1 aromatic carbocycles. The molecule has 1 aliphatic heterocycles. The van der Waals surface area contributed by atoms with Crippen LogP contribution in [0.3, 0.4) is 0 Å². The molecule has 4 aromatic rings. The first-order valence-corrected chi connectivity index (χ1v) is 12.2. The summed E-state index contributed by atoms with van der Waals surface area (Å²) >= 11 is 6.12. The number of aromatic nitrogens is 7. The molecule has 2 fully saturated rings. The van der Waals surface area contributed by atoms with E-state index in [1.54, 1.807) is 24.4 Å². The molecular weight excluding hydrogens is 504 g/mol. The number of piperidine rings is 1. The van der Waals surface area contributed by atoms with Gasteiger partial charge in [-0.25, -0.2) is 18.4 Å². The number of amides is 1. The van der Waals surface area contributed by atoms with Crippen molar-refractivity contribution in [3.63, 3.8) is 0 Å². The number of fused-ring (bicyclic) bond motifs is 1. The van der Waals surface area contributed by atoms with E-state index in [1.807, 2.05) is 12.1 Å². The van der Waals surface area contributed by atoms with Gasteiger partial charge in [0.25, 0.3) is 12.3 Å². The molecule has 2 atom stereocenters. The highest BCUT2D eigenvalue weighted by Crippen LogP contribution is 2.45. The Morgan fingerprint density at radius 1 is 1.19 bits per heavy atom. The number of hydrogen-bond donors (Lipinski definition) is 1. The molecule has 1 saturated heterocycles. The molecule has 2 aliphatic rings. The van der Waals surface area contributed by atoms with Gasteiger partial charge >= 0.3 is 0 Å². The number of carbonyl (C=O) groups is 1. The van der Waals surface area contributed by atoms with E-state index in [0.717, 1.165) is 36.3 Å². The van der Waals surface area contributed by atoms with Crippen molar-refractivity contribution in [3.8, 4) is 5.69 Å². The summed E-state index contributed by atoms with van der Waals surface area (Å²) in [5.41, 5.74) is 1.24. The zero-order chi connectivity index (χ0) is 25.5. The third-order valence-corrected chi connectivity index (χ3v) is 7.01. The second-order valence-electron chi connectivity index (χ2n) is 9.32. The Labute approximate surface area is 215 Å². The van der Waals surface area contributed by atoms with Gasteiger partial charge in [-0.1, -0.05) is 17.7 Å². The van der Waals surface area contributed by atoms with Crippen molar-refractivity contribution in [3.05, 3.63) is 76.5 Å². The van der Waals surface area contributed by atoms with Crippen molar-refractivity contribution in [2.45, 2.75) is 25.9 Å². The number of carbonyl (C=O) groups excluding carboxylic acids is 1. The van der Waals surface area contributed by atoms with Crippen molar-refractivity contribution in [2.75, 3.05) is 18.0 Å². The van der Waals surface area contributed by atoms with Crippen LogP contribution in [0.5, 0.6) is 0 Å². The minimum atomic E-state index is -2.91. The normalized spacial score (nSPS) is 18.3. The molecule has 0 radical (unpaired) electrons. The zero-order valence-electron chi connectivity index (χ0n) is 19.5. The van der Waals surface area contributed by atoms with Crippen LogP contribution in [-0.4, -0.2) is 54.0 Å². The molecule has 2 unspecified atom stereocenters. The Morgan fingerprint density at radius 2 is 2.03 bits per heavy atom. The molecule has 37 heavy (non-hydrogen) atoms. The van der Waals surface area contributed by atoms with E-state index in [9.17, 15) is 13.6 Å². The standard InChI is InChI=1S/C24H22ClF2N9O/c25-18-2-3-20(36-13-30-32-33-36)15(6-18)8-29-24(37)19-12-35(31-22(19)23(26)27)9-14-1-4-21(28-7-14)34-10-16-5-17(16)11-34/h1-4,6-7,12-13,16-17,23H,5,8-11H2,(H,29,37). The second-order valence-corrected chi connectivity index (χ2v) is 9.76. The molecule has 6 rings (SSSR count). The molecule has 13 heteroatoms. The first-order valence-electron chi connectivity index (χ1n) is 11.8. The van der Waals surface area contributed by atoms with Crippen LogP contribution < -0.4 is 10.2 Å². The highest BCUT2D eigenvalue weighted by atomic mass is 35.5. The molecule has 190 valence electrons. The number of pyridine rings is 1. The molecule has 1 saturated carbocycles. The minimum Gasteiger partial charge on any atom is -0.356 e. The Hall–Kier alpha value is -3.93. The molecule has 0 bridgehead atoms. The van der Waals surface area contributed by atoms with E-state index in [1.165, 1.54) is 28.3 Å². The van der Waals surface area contributed by atoms with Gasteiger partial charge in [0, 0.05) is 37.1 Å². The van der Waals surface area contributed by atoms with Gasteiger partial charge in [-0.2, -0.15) is 5.10 Å². The van der Waals surface area contributed by atoms with Gasteiger partial charge in [-0.3, -0.25) is 9.48 Å². The van der Waals surface area contributed by atoms with Crippen LogP contribution >= 0.6 is 11.6 Å². The van der Waals surface area contributed by atoms with Gasteiger partial charge in [0.2, 0.25) is 0 Å². The number of alkyl halides is 2. The van der Waals surface area contributed by atoms with Crippen molar-refractivity contribution in [1.29, 1.82) is 0 Å². The van der Waals surface area contributed by atoms with Crippen LogP contribution in [-0.2, 0) is 13.1 Å². The number of nitrogens with zero attached hydrogens (tertiary/aromatic N) is 8. The Kier molecular flexibility index (Phi) is 6.03. The number of hydrogen-bond acceptors (Lipinski definition) is 7. The first kappa shape index (κ1) is 23.5. The Bertz CT molecular complexity index is 1410. The number of anilines is 1. The van der Waals surface area contributed by atoms with Crippen molar-refractivity contribution >= 4 is 23.3 Å². The maximum absolute atomic E-state index is 13.8.